The van der Waals surface area contributed by atoms with E-state index in [4.69, 9.17) is 4.74 Å². The number of rotatable bonds is 5. The Kier molecular flexibility index (Phi) is 6.42. The number of carboxylic acid groups (broad SMARTS) is 1. The van der Waals surface area contributed by atoms with Gasteiger partial charge in [0, 0.05) is 37.3 Å². The molecular formula is C22H20F4N4O4. The summed E-state index contributed by atoms with van der Waals surface area (Å²) in [6.07, 6.45) is -3.25. The molecule has 12 heteroatoms. The van der Waals surface area contributed by atoms with Crippen LogP contribution in [0.25, 0.3) is 16.9 Å². The fraction of sp³-hybridized carbons (Fsp3) is 0.318. The summed E-state index contributed by atoms with van der Waals surface area (Å²) < 4.78 is 63.6. The highest BCUT2D eigenvalue weighted by atomic mass is 19.3. The van der Waals surface area contributed by atoms with Gasteiger partial charge in [-0.15, -0.1) is 0 Å². The van der Waals surface area contributed by atoms with Gasteiger partial charge in [0.15, 0.2) is 0 Å². The van der Waals surface area contributed by atoms with Gasteiger partial charge >= 0.3 is 6.09 Å². The molecule has 180 valence electrons. The fourth-order valence-electron chi connectivity index (χ4n) is 3.95. The number of carbonyl (C=O) groups excluding carboxylic acids is 1. The summed E-state index contributed by atoms with van der Waals surface area (Å²) in [6, 6.07) is 3.99. The highest BCUT2D eigenvalue weighted by Gasteiger charge is 2.29. The van der Waals surface area contributed by atoms with Crippen LogP contribution in [0.3, 0.4) is 0 Å². The van der Waals surface area contributed by atoms with Crippen molar-refractivity contribution in [2.75, 3.05) is 26.7 Å². The molecule has 2 N–H and O–H groups in total. The van der Waals surface area contributed by atoms with Crippen molar-refractivity contribution in [3.63, 3.8) is 0 Å². The number of hydrogen-bond donors (Lipinski definition) is 2. The first-order chi connectivity index (χ1) is 16.2. The average molecular weight is 480 g/mol. The van der Waals surface area contributed by atoms with E-state index in [0.717, 1.165) is 23.1 Å². The lowest BCUT2D eigenvalue weighted by Gasteiger charge is -2.31. The predicted octanol–water partition coefficient (Wildman–Crippen LogP) is 3.50. The molecule has 0 saturated carbocycles. The molecule has 0 spiro atoms. The third kappa shape index (κ3) is 4.40. The predicted molar refractivity (Wildman–Crippen MR) is 112 cm³/mol. The number of nitrogens with zero attached hydrogens (tertiary/aromatic N) is 3. The Balaban J connectivity index is 1.84. The number of aromatic nitrogens is 2. The van der Waals surface area contributed by atoms with Crippen LogP contribution in [-0.4, -0.2) is 64.2 Å². The van der Waals surface area contributed by atoms with Crippen LogP contribution in [0.4, 0.5) is 22.4 Å². The maximum absolute atomic E-state index is 15.0. The topological polar surface area (TPSA) is 96.2 Å². The van der Waals surface area contributed by atoms with Crippen LogP contribution in [0.15, 0.2) is 30.5 Å². The Morgan fingerprint density at radius 3 is 2.59 bits per heavy atom. The van der Waals surface area contributed by atoms with Gasteiger partial charge < -0.3 is 24.5 Å². The summed E-state index contributed by atoms with van der Waals surface area (Å²) in [7, 11) is 1.32. The number of imidazole rings is 1. The number of alkyl halides is 2. The van der Waals surface area contributed by atoms with Gasteiger partial charge in [0.2, 0.25) is 0 Å². The molecule has 0 aliphatic carbocycles. The van der Waals surface area contributed by atoms with Crippen molar-refractivity contribution in [2.24, 2.45) is 0 Å². The molecule has 2 amide bonds. The third-order valence-electron chi connectivity index (χ3n) is 5.60. The van der Waals surface area contributed by atoms with Gasteiger partial charge in [0.25, 0.3) is 12.3 Å². The Morgan fingerprint density at radius 2 is 1.97 bits per heavy atom. The number of carbonyl (C=O) groups is 2. The summed E-state index contributed by atoms with van der Waals surface area (Å²) in [4.78, 5) is 28.6. The average Bonchev–Trinajstić information content (AvgIpc) is 3.15. The molecule has 1 aromatic carbocycles. The summed E-state index contributed by atoms with van der Waals surface area (Å²) in [5.74, 6) is -2.81. The number of halogens is 4. The molecule has 0 radical (unpaired) electrons. The molecule has 1 saturated heterocycles. The summed E-state index contributed by atoms with van der Waals surface area (Å²) in [6.45, 7) is 0.313. The second kappa shape index (κ2) is 9.29. The lowest BCUT2D eigenvalue weighted by molar-refractivity contribution is -0.0214. The maximum Gasteiger partial charge on any atom is 0.407 e. The maximum atomic E-state index is 15.0. The summed E-state index contributed by atoms with van der Waals surface area (Å²) >= 11 is 0. The van der Waals surface area contributed by atoms with E-state index >= 15 is 8.78 Å². The van der Waals surface area contributed by atoms with E-state index in [-0.39, 0.29) is 54.3 Å². The molecule has 1 aliphatic heterocycles. The van der Waals surface area contributed by atoms with Gasteiger partial charge in [-0.25, -0.2) is 27.3 Å². The van der Waals surface area contributed by atoms with E-state index in [0.29, 0.717) is 0 Å². The molecule has 1 fully saturated rings. The zero-order valence-corrected chi connectivity index (χ0v) is 17.9. The van der Waals surface area contributed by atoms with Crippen molar-refractivity contribution in [2.45, 2.75) is 19.0 Å². The Hall–Kier alpha value is -3.67. The molecule has 0 unspecified atom stereocenters. The largest absolute Gasteiger partial charge is 0.465 e. The number of hydrogen-bond acceptors (Lipinski definition) is 4. The lowest BCUT2D eigenvalue weighted by Crippen LogP contribution is -2.45. The van der Waals surface area contributed by atoms with Gasteiger partial charge in [0.1, 0.15) is 17.3 Å². The monoisotopic (exact) mass is 480 g/mol. The third-order valence-corrected chi connectivity index (χ3v) is 5.60. The Morgan fingerprint density at radius 1 is 1.26 bits per heavy atom. The number of morpholine rings is 1. The molecular weight excluding hydrogens is 460 g/mol. The van der Waals surface area contributed by atoms with Gasteiger partial charge in [0.05, 0.1) is 36.2 Å². The molecule has 4 rings (SSSR count). The highest BCUT2D eigenvalue weighted by molar-refractivity contribution is 5.94. The van der Waals surface area contributed by atoms with Crippen LogP contribution in [-0.2, 0) is 11.2 Å². The zero-order valence-electron chi connectivity index (χ0n) is 17.9. The van der Waals surface area contributed by atoms with Gasteiger partial charge in [-0.05, 0) is 24.3 Å². The first-order valence-corrected chi connectivity index (χ1v) is 10.3. The van der Waals surface area contributed by atoms with Crippen LogP contribution < -0.4 is 5.32 Å². The molecule has 3 heterocycles. The highest BCUT2D eigenvalue weighted by Crippen LogP contribution is 2.33. The standard InChI is InChI=1S/C22H20F4N4O4/c1-27-21(31)12-6-14(23)18(15(24)7-12)19-16(9-13-10-29(22(32)33)4-5-34-13)30-3-2-11(20(25)26)8-17(30)28-19/h2-3,6-8,13,20H,4-5,9-10H2,1H3,(H,27,31)(H,32,33)/t13-/m0/s1. The van der Waals surface area contributed by atoms with Crippen molar-refractivity contribution >= 4 is 17.6 Å². The minimum atomic E-state index is -2.78. The zero-order chi connectivity index (χ0) is 24.6. The fourth-order valence-corrected chi connectivity index (χ4v) is 3.95. The van der Waals surface area contributed by atoms with Gasteiger partial charge in [-0.1, -0.05) is 0 Å². The van der Waals surface area contributed by atoms with Crippen LogP contribution in [0, 0.1) is 11.6 Å². The van der Waals surface area contributed by atoms with Gasteiger partial charge in [-0.2, -0.15) is 0 Å². The van der Waals surface area contributed by atoms with Crippen LogP contribution in [0.1, 0.15) is 28.0 Å². The minimum Gasteiger partial charge on any atom is -0.465 e. The smallest absolute Gasteiger partial charge is 0.407 e. The SMILES string of the molecule is CNC(=O)c1cc(F)c(-c2nc3cc(C(F)F)ccn3c2C[C@H]2CN(C(=O)O)CCO2)c(F)c1. The van der Waals surface area contributed by atoms with Crippen molar-refractivity contribution in [3.05, 3.63) is 58.9 Å². The molecule has 1 atom stereocenters. The van der Waals surface area contributed by atoms with E-state index in [1.165, 1.54) is 23.7 Å². The summed E-state index contributed by atoms with van der Waals surface area (Å²) in [5, 5.41) is 11.6. The van der Waals surface area contributed by atoms with Crippen LogP contribution in [0.2, 0.25) is 0 Å². The number of fused-ring (bicyclic) bond motifs is 1. The van der Waals surface area contributed by atoms with E-state index in [2.05, 4.69) is 10.3 Å². The van der Waals surface area contributed by atoms with E-state index in [9.17, 15) is 23.5 Å². The van der Waals surface area contributed by atoms with Crippen LogP contribution >= 0.6 is 0 Å². The van der Waals surface area contributed by atoms with E-state index in [1.807, 2.05) is 0 Å². The second-order valence-corrected chi connectivity index (χ2v) is 7.72. The Bertz CT molecular complexity index is 1240. The number of pyridine rings is 1. The normalized spacial score (nSPS) is 16.3. The van der Waals surface area contributed by atoms with E-state index in [1.54, 1.807) is 0 Å². The number of amides is 2. The molecule has 2 aromatic heterocycles. The quantitative estimate of drug-likeness (QED) is 0.545. The van der Waals surface area contributed by atoms with Crippen molar-refractivity contribution in [1.29, 1.82) is 0 Å². The first kappa shape index (κ1) is 23.5. The number of ether oxygens (including phenoxy) is 1. The molecule has 8 nitrogen and oxygen atoms in total. The van der Waals surface area contributed by atoms with Crippen molar-refractivity contribution in [3.8, 4) is 11.3 Å². The lowest BCUT2D eigenvalue weighted by atomic mass is 10.0. The molecule has 3 aromatic rings. The molecule has 1 aliphatic rings. The van der Waals surface area contributed by atoms with Gasteiger partial charge in [-0.3, -0.25) is 4.79 Å². The number of benzene rings is 1. The molecule has 0 bridgehead atoms. The molecule has 34 heavy (non-hydrogen) atoms. The first-order valence-electron chi connectivity index (χ1n) is 10.3. The minimum absolute atomic E-state index is 0.00435. The second-order valence-electron chi connectivity index (χ2n) is 7.72. The van der Waals surface area contributed by atoms with Crippen molar-refractivity contribution in [1.82, 2.24) is 19.6 Å². The Labute approximate surface area is 190 Å². The van der Waals surface area contributed by atoms with Crippen molar-refractivity contribution < 1.29 is 37.0 Å². The summed E-state index contributed by atoms with van der Waals surface area (Å²) in [5.41, 5.74) is -0.963. The van der Waals surface area contributed by atoms with Crippen LogP contribution in [0.5, 0.6) is 0 Å². The van der Waals surface area contributed by atoms with E-state index < -0.39 is 41.7 Å². The number of nitrogens with one attached hydrogen (secondary N) is 1.